The standard InChI is InChI=1S/C17H23NO/c1-3-4-5-6-7-11-17(19)16(13-18)15-10-8-9-14(2)12-15/h8-10,12,16H,3-7,11H2,1-2H3. The average molecular weight is 257 g/mol. The number of hydrogen-bond donors (Lipinski definition) is 0. The molecule has 1 aromatic carbocycles. The average Bonchev–Trinajstić information content (AvgIpc) is 2.39. The van der Waals surface area contributed by atoms with Crippen molar-refractivity contribution >= 4 is 5.78 Å². The molecule has 0 fully saturated rings. The maximum Gasteiger partial charge on any atom is 0.154 e. The molecular formula is C17H23NO. The van der Waals surface area contributed by atoms with Gasteiger partial charge in [-0.15, -0.1) is 0 Å². The Kier molecular flexibility index (Phi) is 6.89. The van der Waals surface area contributed by atoms with Crippen LogP contribution in [0.25, 0.3) is 0 Å². The lowest BCUT2D eigenvalue weighted by Gasteiger charge is -2.09. The Labute approximate surface area is 116 Å². The summed E-state index contributed by atoms with van der Waals surface area (Å²) in [6, 6.07) is 9.84. The lowest BCUT2D eigenvalue weighted by molar-refractivity contribution is -0.119. The van der Waals surface area contributed by atoms with Crippen LogP contribution in [0.4, 0.5) is 0 Å². The van der Waals surface area contributed by atoms with Gasteiger partial charge in [-0.25, -0.2) is 0 Å². The molecule has 0 radical (unpaired) electrons. The predicted octanol–water partition coefficient (Wildman–Crippen LogP) is 4.53. The molecule has 2 heteroatoms. The molecule has 0 saturated carbocycles. The smallest absolute Gasteiger partial charge is 0.154 e. The maximum atomic E-state index is 12.1. The first-order chi connectivity index (χ1) is 9.19. The van der Waals surface area contributed by atoms with E-state index in [0.29, 0.717) is 6.42 Å². The Morgan fingerprint density at radius 3 is 2.63 bits per heavy atom. The number of carbonyl (C=O) groups is 1. The van der Waals surface area contributed by atoms with Crippen molar-refractivity contribution in [3.8, 4) is 6.07 Å². The van der Waals surface area contributed by atoms with Gasteiger partial charge in [0.15, 0.2) is 5.78 Å². The summed E-state index contributed by atoms with van der Waals surface area (Å²) in [5.41, 5.74) is 1.93. The molecule has 0 aliphatic carbocycles. The second-order valence-electron chi connectivity index (χ2n) is 5.11. The zero-order chi connectivity index (χ0) is 14.1. The normalized spacial score (nSPS) is 11.8. The largest absolute Gasteiger partial charge is 0.298 e. The van der Waals surface area contributed by atoms with Crippen LogP contribution in [0, 0.1) is 18.3 Å². The third kappa shape index (κ3) is 5.26. The summed E-state index contributed by atoms with van der Waals surface area (Å²) >= 11 is 0. The Morgan fingerprint density at radius 2 is 2.00 bits per heavy atom. The van der Waals surface area contributed by atoms with Crippen LogP contribution in [-0.2, 0) is 4.79 Å². The first-order valence-electron chi connectivity index (χ1n) is 7.18. The molecule has 0 amide bonds. The van der Waals surface area contributed by atoms with Crippen molar-refractivity contribution in [2.75, 3.05) is 0 Å². The highest BCUT2D eigenvalue weighted by Gasteiger charge is 2.19. The van der Waals surface area contributed by atoms with Crippen molar-refractivity contribution in [2.45, 2.75) is 58.3 Å². The minimum Gasteiger partial charge on any atom is -0.298 e. The monoisotopic (exact) mass is 257 g/mol. The van der Waals surface area contributed by atoms with Crippen LogP contribution >= 0.6 is 0 Å². The van der Waals surface area contributed by atoms with Gasteiger partial charge in [0.05, 0.1) is 6.07 Å². The number of Topliss-reactive ketones (excluding diaryl/α,β-unsaturated/α-hetero) is 1. The number of unbranched alkanes of at least 4 members (excludes halogenated alkanes) is 4. The number of nitrogens with zero attached hydrogens (tertiary/aromatic N) is 1. The van der Waals surface area contributed by atoms with Crippen molar-refractivity contribution < 1.29 is 4.79 Å². The summed E-state index contributed by atoms with van der Waals surface area (Å²) in [6.07, 6.45) is 6.14. The zero-order valence-electron chi connectivity index (χ0n) is 12.0. The van der Waals surface area contributed by atoms with Gasteiger partial charge in [-0.2, -0.15) is 5.26 Å². The van der Waals surface area contributed by atoms with Gasteiger partial charge >= 0.3 is 0 Å². The highest BCUT2D eigenvalue weighted by Crippen LogP contribution is 2.20. The first kappa shape index (κ1) is 15.4. The molecule has 1 aromatic rings. The third-order valence-electron chi connectivity index (χ3n) is 3.35. The van der Waals surface area contributed by atoms with Crippen LogP contribution in [0.3, 0.4) is 0 Å². The van der Waals surface area contributed by atoms with Gasteiger partial charge in [-0.05, 0) is 18.9 Å². The van der Waals surface area contributed by atoms with Gasteiger partial charge in [-0.3, -0.25) is 4.79 Å². The number of nitriles is 1. The molecule has 0 bridgehead atoms. The molecule has 0 spiro atoms. The van der Waals surface area contributed by atoms with Crippen LogP contribution in [0.2, 0.25) is 0 Å². The van der Waals surface area contributed by atoms with E-state index in [4.69, 9.17) is 0 Å². The second-order valence-corrected chi connectivity index (χ2v) is 5.11. The molecule has 19 heavy (non-hydrogen) atoms. The first-order valence-corrected chi connectivity index (χ1v) is 7.18. The van der Waals surface area contributed by atoms with Crippen LogP contribution in [-0.4, -0.2) is 5.78 Å². The van der Waals surface area contributed by atoms with Crippen LogP contribution in [0.15, 0.2) is 24.3 Å². The molecule has 0 aliphatic heterocycles. The molecular weight excluding hydrogens is 234 g/mol. The van der Waals surface area contributed by atoms with Gasteiger partial charge in [-0.1, -0.05) is 62.4 Å². The number of carbonyl (C=O) groups excluding carboxylic acids is 1. The number of benzene rings is 1. The van der Waals surface area contributed by atoms with E-state index in [-0.39, 0.29) is 5.78 Å². The van der Waals surface area contributed by atoms with Crippen molar-refractivity contribution in [1.29, 1.82) is 5.26 Å². The molecule has 0 aromatic heterocycles. The molecule has 102 valence electrons. The maximum absolute atomic E-state index is 12.1. The van der Waals surface area contributed by atoms with Crippen molar-refractivity contribution in [3.05, 3.63) is 35.4 Å². The summed E-state index contributed by atoms with van der Waals surface area (Å²) < 4.78 is 0. The summed E-state index contributed by atoms with van der Waals surface area (Å²) in [5, 5.41) is 9.21. The predicted molar refractivity (Wildman–Crippen MR) is 77.9 cm³/mol. The Bertz CT molecular complexity index is 445. The van der Waals surface area contributed by atoms with E-state index in [9.17, 15) is 10.1 Å². The van der Waals surface area contributed by atoms with E-state index in [2.05, 4.69) is 13.0 Å². The molecule has 1 atom stereocenters. The lowest BCUT2D eigenvalue weighted by atomic mass is 9.92. The van der Waals surface area contributed by atoms with Crippen LogP contribution in [0.1, 0.15) is 62.5 Å². The van der Waals surface area contributed by atoms with Gasteiger partial charge in [0.25, 0.3) is 0 Å². The topological polar surface area (TPSA) is 40.9 Å². The van der Waals surface area contributed by atoms with E-state index in [0.717, 1.165) is 24.0 Å². The second kappa shape index (κ2) is 8.48. The molecule has 2 nitrogen and oxygen atoms in total. The Balaban J connectivity index is 2.51. The summed E-state index contributed by atoms with van der Waals surface area (Å²) in [5.74, 6) is -0.532. The van der Waals surface area contributed by atoms with E-state index >= 15 is 0 Å². The quantitative estimate of drug-likeness (QED) is 0.642. The van der Waals surface area contributed by atoms with E-state index < -0.39 is 5.92 Å². The van der Waals surface area contributed by atoms with E-state index in [1.165, 1.54) is 19.3 Å². The molecule has 0 aliphatic rings. The summed E-state index contributed by atoms with van der Waals surface area (Å²) in [4.78, 5) is 12.1. The van der Waals surface area contributed by atoms with E-state index in [1.54, 1.807) is 0 Å². The minimum absolute atomic E-state index is 0.0598. The number of aryl methyl sites for hydroxylation is 1. The van der Waals surface area contributed by atoms with Gasteiger partial charge in [0.1, 0.15) is 5.92 Å². The molecule has 0 N–H and O–H groups in total. The van der Waals surface area contributed by atoms with Crippen LogP contribution < -0.4 is 0 Å². The van der Waals surface area contributed by atoms with Gasteiger partial charge in [0.2, 0.25) is 0 Å². The van der Waals surface area contributed by atoms with Crippen molar-refractivity contribution in [1.82, 2.24) is 0 Å². The number of rotatable bonds is 8. The van der Waals surface area contributed by atoms with Gasteiger partial charge < -0.3 is 0 Å². The fraction of sp³-hybridized carbons (Fsp3) is 0.529. The fourth-order valence-electron chi connectivity index (χ4n) is 2.23. The molecule has 0 heterocycles. The summed E-state index contributed by atoms with van der Waals surface area (Å²) in [7, 11) is 0. The number of ketones is 1. The summed E-state index contributed by atoms with van der Waals surface area (Å²) in [6.45, 7) is 4.15. The molecule has 1 unspecified atom stereocenters. The zero-order valence-corrected chi connectivity index (χ0v) is 12.0. The molecule has 1 rings (SSSR count). The SMILES string of the molecule is CCCCCCCC(=O)C(C#N)c1cccc(C)c1. The third-order valence-corrected chi connectivity index (χ3v) is 3.35. The number of hydrogen-bond acceptors (Lipinski definition) is 2. The lowest BCUT2D eigenvalue weighted by Crippen LogP contribution is -2.10. The van der Waals surface area contributed by atoms with Crippen LogP contribution in [0.5, 0.6) is 0 Å². The van der Waals surface area contributed by atoms with Crippen molar-refractivity contribution in [2.24, 2.45) is 0 Å². The Hall–Kier alpha value is -1.62. The highest BCUT2D eigenvalue weighted by molar-refractivity contribution is 5.88. The van der Waals surface area contributed by atoms with Crippen molar-refractivity contribution in [3.63, 3.8) is 0 Å². The highest BCUT2D eigenvalue weighted by atomic mass is 16.1. The Morgan fingerprint density at radius 1 is 1.26 bits per heavy atom. The van der Waals surface area contributed by atoms with E-state index in [1.807, 2.05) is 31.2 Å². The fourth-order valence-corrected chi connectivity index (χ4v) is 2.23. The molecule has 0 saturated heterocycles. The van der Waals surface area contributed by atoms with Gasteiger partial charge in [0, 0.05) is 6.42 Å². The minimum atomic E-state index is -0.592.